The van der Waals surface area contributed by atoms with Crippen LogP contribution in [0.25, 0.3) is 0 Å². The number of hydrogen-bond acceptors (Lipinski definition) is 6. The molecule has 1 fully saturated rings. The van der Waals surface area contributed by atoms with Crippen molar-refractivity contribution in [3.63, 3.8) is 0 Å². The van der Waals surface area contributed by atoms with Gasteiger partial charge in [-0.15, -0.1) is 0 Å². The van der Waals surface area contributed by atoms with E-state index in [9.17, 15) is 18.3 Å². The predicted octanol–water partition coefficient (Wildman–Crippen LogP) is 3.34. The zero-order chi connectivity index (χ0) is 24.2. The number of hydrogen-bond donors (Lipinski definition) is 2. The molecule has 1 heterocycles. The van der Waals surface area contributed by atoms with Gasteiger partial charge in [0.1, 0.15) is 11.9 Å². The lowest BCUT2D eigenvalue weighted by atomic mass is 10.1. The minimum atomic E-state index is -3.53. The summed E-state index contributed by atoms with van der Waals surface area (Å²) in [6.45, 7) is 3.72. The van der Waals surface area contributed by atoms with Crippen molar-refractivity contribution in [3.8, 4) is 5.75 Å². The Balaban J connectivity index is 1.46. The van der Waals surface area contributed by atoms with Crippen molar-refractivity contribution in [1.82, 2.24) is 10.2 Å². The zero-order valence-electron chi connectivity index (χ0n) is 18.6. The normalized spacial score (nSPS) is 16.4. The van der Waals surface area contributed by atoms with E-state index < -0.39 is 21.8 Å². The number of ether oxygens (including phenoxy) is 1. The number of piperidine rings is 1. The van der Waals surface area contributed by atoms with Crippen LogP contribution >= 0.6 is 23.2 Å². The van der Waals surface area contributed by atoms with Crippen LogP contribution in [0.15, 0.2) is 41.3 Å². The fourth-order valence-corrected chi connectivity index (χ4v) is 5.06. The molecule has 33 heavy (non-hydrogen) atoms. The van der Waals surface area contributed by atoms with Crippen molar-refractivity contribution in [1.29, 1.82) is 0 Å². The molecule has 7 nitrogen and oxygen atoms in total. The number of benzene rings is 2. The molecule has 2 aromatic rings. The Hall–Kier alpha value is -1.84. The van der Waals surface area contributed by atoms with E-state index in [0.29, 0.717) is 22.3 Å². The van der Waals surface area contributed by atoms with Gasteiger partial charge in [0.15, 0.2) is 9.84 Å². The molecular formula is C23H28Cl2N2O5S. The highest BCUT2D eigenvalue weighted by Crippen LogP contribution is 2.34. The monoisotopic (exact) mass is 514 g/mol. The molecule has 2 N–H and O–H groups in total. The number of halogens is 2. The van der Waals surface area contributed by atoms with E-state index in [2.05, 4.69) is 10.2 Å². The van der Waals surface area contributed by atoms with E-state index >= 15 is 0 Å². The largest absolute Gasteiger partial charge is 0.489 e. The SMILES string of the molecule is Cc1c(Cl)ccc(OC2CCN(C[C@H](O)CNC(=O)c3ccccc3S(C)(=O)=O)CC2)c1Cl. The van der Waals surface area contributed by atoms with Crippen molar-refractivity contribution < 1.29 is 23.1 Å². The molecule has 3 rings (SSSR count). The van der Waals surface area contributed by atoms with Crippen LogP contribution in [0.1, 0.15) is 28.8 Å². The lowest BCUT2D eigenvalue weighted by Crippen LogP contribution is -2.45. The number of carbonyl (C=O) groups excluding carboxylic acids is 1. The minimum Gasteiger partial charge on any atom is -0.489 e. The van der Waals surface area contributed by atoms with Crippen LogP contribution in [-0.4, -0.2) is 69.0 Å². The Morgan fingerprint density at radius 2 is 1.88 bits per heavy atom. The summed E-state index contributed by atoms with van der Waals surface area (Å²) in [5.74, 6) is 0.0893. The van der Waals surface area contributed by atoms with Crippen molar-refractivity contribution in [2.75, 3.05) is 32.4 Å². The van der Waals surface area contributed by atoms with Gasteiger partial charge in [-0.05, 0) is 49.6 Å². The number of nitrogens with one attached hydrogen (secondary N) is 1. The summed E-state index contributed by atoms with van der Waals surface area (Å²) in [4.78, 5) is 14.5. The number of carbonyl (C=O) groups is 1. The zero-order valence-corrected chi connectivity index (χ0v) is 20.9. The Labute approximate surface area is 204 Å². The van der Waals surface area contributed by atoms with Gasteiger partial charge in [-0.2, -0.15) is 0 Å². The van der Waals surface area contributed by atoms with Crippen LogP contribution in [-0.2, 0) is 9.84 Å². The van der Waals surface area contributed by atoms with Crippen molar-refractivity contribution in [3.05, 3.63) is 57.6 Å². The average molecular weight is 515 g/mol. The topological polar surface area (TPSA) is 95.9 Å². The number of amides is 1. The van der Waals surface area contributed by atoms with Gasteiger partial charge < -0.3 is 20.1 Å². The van der Waals surface area contributed by atoms with Gasteiger partial charge in [-0.3, -0.25) is 4.79 Å². The van der Waals surface area contributed by atoms with E-state index in [1.807, 2.05) is 6.92 Å². The van der Waals surface area contributed by atoms with E-state index in [0.717, 1.165) is 37.8 Å². The first-order valence-electron chi connectivity index (χ1n) is 10.6. The van der Waals surface area contributed by atoms with Crippen molar-refractivity contribution >= 4 is 38.9 Å². The van der Waals surface area contributed by atoms with Gasteiger partial charge in [0.2, 0.25) is 0 Å². The number of nitrogens with zero attached hydrogens (tertiary/aromatic N) is 1. The average Bonchev–Trinajstić information content (AvgIpc) is 2.78. The molecule has 0 radical (unpaired) electrons. The Kier molecular flexibility index (Phi) is 8.64. The molecule has 0 spiro atoms. The van der Waals surface area contributed by atoms with Crippen LogP contribution in [0.3, 0.4) is 0 Å². The summed E-state index contributed by atoms with van der Waals surface area (Å²) < 4.78 is 29.8. The molecule has 1 aliphatic heterocycles. The number of aliphatic hydroxyl groups is 1. The first-order chi connectivity index (χ1) is 15.6. The summed E-state index contributed by atoms with van der Waals surface area (Å²) in [7, 11) is -3.53. The first kappa shape index (κ1) is 25.8. The third-order valence-corrected chi connectivity index (χ3v) is 7.65. The number of rotatable bonds is 8. The third kappa shape index (κ3) is 6.83. The van der Waals surface area contributed by atoms with E-state index in [4.69, 9.17) is 27.9 Å². The standard InChI is InChI=1S/C23H28Cl2N2O5S/c1-15-19(24)7-8-20(22(15)25)32-17-9-11-27(12-10-17)14-16(28)13-26-23(29)18-5-3-4-6-21(18)33(2,30)31/h3-8,16-17,28H,9-14H2,1-2H3,(H,26,29)/t16-/m1/s1. The molecule has 0 unspecified atom stereocenters. The van der Waals surface area contributed by atoms with Gasteiger partial charge in [0.05, 0.1) is 21.6 Å². The molecule has 0 saturated carbocycles. The lowest BCUT2D eigenvalue weighted by molar-refractivity contribution is 0.0593. The first-order valence-corrected chi connectivity index (χ1v) is 13.3. The summed E-state index contributed by atoms with van der Waals surface area (Å²) >= 11 is 12.4. The van der Waals surface area contributed by atoms with Crippen LogP contribution in [0, 0.1) is 6.92 Å². The van der Waals surface area contributed by atoms with Crippen molar-refractivity contribution in [2.45, 2.75) is 36.9 Å². The maximum Gasteiger partial charge on any atom is 0.252 e. The minimum absolute atomic E-state index is 0.0173. The smallest absolute Gasteiger partial charge is 0.252 e. The molecule has 0 bridgehead atoms. The van der Waals surface area contributed by atoms with Gasteiger partial charge >= 0.3 is 0 Å². The quantitative estimate of drug-likeness (QED) is 0.560. The van der Waals surface area contributed by atoms with E-state index in [1.54, 1.807) is 24.3 Å². The van der Waals surface area contributed by atoms with Gasteiger partial charge in [0, 0.05) is 37.5 Å². The Morgan fingerprint density at radius 3 is 2.55 bits per heavy atom. The number of likely N-dealkylation sites (tertiary alicyclic amines) is 1. The lowest BCUT2D eigenvalue weighted by Gasteiger charge is -2.33. The highest BCUT2D eigenvalue weighted by molar-refractivity contribution is 7.90. The maximum atomic E-state index is 12.5. The second kappa shape index (κ2) is 11.1. The van der Waals surface area contributed by atoms with Gasteiger partial charge in [-0.1, -0.05) is 35.3 Å². The molecular weight excluding hydrogens is 487 g/mol. The third-order valence-electron chi connectivity index (χ3n) is 5.61. The Morgan fingerprint density at radius 1 is 1.21 bits per heavy atom. The van der Waals surface area contributed by atoms with Crippen LogP contribution in [0.4, 0.5) is 0 Å². The summed E-state index contributed by atoms with van der Waals surface area (Å²) in [5, 5.41) is 14.1. The number of β-amino-alcohol motifs (C(OH)–C–C–N with tert-alkyl or cyclic N) is 1. The molecule has 1 atom stereocenters. The molecule has 10 heteroatoms. The molecule has 2 aromatic carbocycles. The summed E-state index contributed by atoms with van der Waals surface area (Å²) in [5.41, 5.74) is 0.860. The van der Waals surface area contributed by atoms with Gasteiger partial charge in [-0.25, -0.2) is 8.42 Å². The van der Waals surface area contributed by atoms with Crippen LogP contribution in [0.2, 0.25) is 10.0 Å². The molecule has 0 aromatic heterocycles. The highest BCUT2D eigenvalue weighted by Gasteiger charge is 2.24. The van der Waals surface area contributed by atoms with Crippen LogP contribution < -0.4 is 10.1 Å². The molecule has 180 valence electrons. The second-order valence-electron chi connectivity index (χ2n) is 8.23. The fraction of sp³-hybridized carbons (Fsp3) is 0.435. The maximum absolute atomic E-state index is 12.5. The van der Waals surface area contributed by atoms with E-state index in [1.165, 1.54) is 12.1 Å². The molecule has 1 amide bonds. The van der Waals surface area contributed by atoms with Crippen LogP contribution in [0.5, 0.6) is 5.75 Å². The summed E-state index contributed by atoms with van der Waals surface area (Å²) in [6, 6.07) is 9.56. The Bertz CT molecular complexity index is 1100. The second-order valence-corrected chi connectivity index (χ2v) is 11.0. The fourth-order valence-electron chi connectivity index (χ4n) is 3.76. The van der Waals surface area contributed by atoms with Gasteiger partial charge in [0.25, 0.3) is 5.91 Å². The molecule has 1 aliphatic rings. The number of aliphatic hydroxyl groups excluding tert-OH is 1. The summed E-state index contributed by atoms with van der Waals surface area (Å²) in [6.07, 6.45) is 1.84. The molecule has 1 saturated heterocycles. The highest BCUT2D eigenvalue weighted by atomic mass is 35.5. The number of sulfone groups is 1. The molecule has 0 aliphatic carbocycles. The predicted molar refractivity (Wildman–Crippen MR) is 129 cm³/mol. The van der Waals surface area contributed by atoms with Crippen molar-refractivity contribution in [2.24, 2.45) is 0 Å². The van der Waals surface area contributed by atoms with E-state index in [-0.39, 0.29) is 23.1 Å².